The van der Waals surface area contributed by atoms with Gasteiger partial charge in [-0.2, -0.15) is 0 Å². The monoisotopic (exact) mass is 396 g/mol. The molecule has 1 aromatic rings. The summed E-state index contributed by atoms with van der Waals surface area (Å²) in [6.45, 7) is 8.50. The molecule has 2 rings (SSSR count). The molecule has 5 heteroatoms. The standard InChI is InChI=1S/C19H29BrN2O2/c1-13(15-9-5-6-10-16(15)20)22-17-11-7-8-14(17)12-21-18(23)24-19(2,3)4/h5-6,9-10,13-14,17,22H,7-8,11-12H2,1-4H3,(H,21,23)/t13-,14?,17?/m1/s1. The van der Waals surface area contributed by atoms with E-state index in [4.69, 9.17) is 4.74 Å². The van der Waals surface area contributed by atoms with Gasteiger partial charge in [0.15, 0.2) is 0 Å². The molecule has 4 nitrogen and oxygen atoms in total. The van der Waals surface area contributed by atoms with Crippen molar-refractivity contribution >= 4 is 22.0 Å². The van der Waals surface area contributed by atoms with Crippen LogP contribution in [0.2, 0.25) is 0 Å². The fraction of sp³-hybridized carbons (Fsp3) is 0.632. The Bertz CT molecular complexity index is 557. The maximum Gasteiger partial charge on any atom is 0.407 e. The summed E-state index contributed by atoms with van der Waals surface area (Å²) in [5.41, 5.74) is 0.814. The van der Waals surface area contributed by atoms with Crippen molar-refractivity contribution in [3.05, 3.63) is 34.3 Å². The van der Waals surface area contributed by atoms with E-state index in [0.29, 0.717) is 18.5 Å². The number of rotatable bonds is 5. The average molecular weight is 397 g/mol. The van der Waals surface area contributed by atoms with Crippen LogP contribution in [0.25, 0.3) is 0 Å². The van der Waals surface area contributed by atoms with E-state index in [1.54, 1.807) is 0 Å². The van der Waals surface area contributed by atoms with E-state index in [2.05, 4.69) is 51.7 Å². The lowest BCUT2D eigenvalue weighted by Crippen LogP contribution is -2.41. The highest BCUT2D eigenvalue weighted by molar-refractivity contribution is 9.10. The molecule has 1 saturated carbocycles. The molecule has 0 aliphatic heterocycles. The maximum absolute atomic E-state index is 11.9. The number of nitrogens with one attached hydrogen (secondary N) is 2. The molecule has 134 valence electrons. The van der Waals surface area contributed by atoms with E-state index in [1.165, 1.54) is 12.0 Å². The van der Waals surface area contributed by atoms with E-state index in [1.807, 2.05) is 26.8 Å². The van der Waals surface area contributed by atoms with Crippen molar-refractivity contribution in [1.29, 1.82) is 0 Å². The van der Waals surface area contributed by atoms with Gasteiger partial charge in [-0.05, 0) is 58.1 Å². The third-order valence-corrected chi connectivity index (χ3v) is 5.12. The first-order chi connectivity index (χ1) is 11.3. The second-order valence-electron chi connectivity index (χ2n) is 7.59. The summed E-state index contributed by atoms with van der Waals surface area (Å²) >= 11 is 3.63. The van der Waals surface area contributed by atoms with E-state index >= 15 is 0 Å². The van der Waals surface area contributed by atoms with Crippen molar-refractivity contribution < 1.29 is 9.53 Å². The number of amides is 1. The van der Waals surface area contributed by atoms with Gasteiger partial charge in [-0.25, -0.2) is 4.79 Å². The molecular formula is C19H29BrN2O2. The lowest BCUT2D eigenvalue weighted by atomic mass is 10.0. The molecule has 1 aromatic carbocycles. The Labute approximate surface area is 153 Å². The van der Waals surface area contributed by atoms with Crippen LogP contribution in [-0.2, 0) is 4.74 Å². The summed E-state index contributed by atoms with van der Waals surface area (Å²) in [6, 6.07) is 9.00. The minimum atomic E-state index is -0.453. The molecule has 1 fully saturated rings. The fourth-order valence-electron chi connectivity index (χ4n) is 3.27. The number of alkyl carbamates (subject to hydrolysis) is 1. The molecular weight excluding hydrogens is 368 g/mol. The third-order valence-electron chi connectivity index (χ3n) is 4.40. The Balaban J connectivity index is 1.87. The zero-order valence-electron chi connectivity index (χ0n) is 15.1. The van der Waals surface area contributed by atoms with Gasteiger partial charge in [-0.1, -0.05) is 40.5 Å². The van der Waals surface area contributed by atoms with Gasteiger partial charge in [0.05, 0.1) is 0 Å². The van der Waals surface area contributed by atoms with Crippen LogP contribution in [0.5, 0.6) is 0 Å². The molecule has 0 spiro atoms. The van der Waals surface area contributed by atoms with Crippen LogP contribution in [0.1, 0.15) is 58.6 Å². The van der Waals surface area contributed by atoms with Gasteiger partial charge in [0.2, 0.25) is 0 Å². The average Bonchev–Trinajstić information content (AvgIpc) is 2.91. The summed E-state index contributed by atoms with van der Waals surface area (Å²) in [5.74, 6) is 0.447. The first-order valence-electron chi connectivity index (χ1n) is 8.73. The number of benzene rings is 1. The Hall–Kier alpha value is -1.07. The van der Waals surface area contributed by atoms with Crippen LogP contribution >= 0.6 is 15.9 Å². The van der Waals surface area contributed by atoms with Crippen molar-refractivity contribution in [2.24, 2.45) is 5.92 Å². The van der Waals surface area contributed by atoms with Crippen molar-refractivity contribution in [3.63, 3.8) is 0 Å². The first-order valence-corrected chi connectivity index (χ1v) is 9.53. The van der Waals surface area contributed by atoms with Crippen molar-refractivity contribution in [3.8, 4) is 0 Å². The van der Waals surface area contributed by atoms with Gasteiger partial charge in [0.25, 0.3) is 0 Å². The molecule has 3 atom stereocenters. The van der Waals surface area contributed by atoms with E-state index in [-0.39, 0.29) is 12.1 Å². The Morgan fingerprint density at radius 2 is 2.04 bits per heavy atom. The predicted molar refractivity (Wildman–Crippen MR) is 101 cm³/mol. The summed E-state index contributed by atoms with van der Waals surface area (Å²) in [7, 11) is 0. The zero-order valence-corrected chi connectivity index (χ0v) is 16.7. The summed E-state index contributed by atoms with van der Waals surface area (Å²) < 4.78 is 6.45. The largest absolute Gasteiger partial charge is 0.444 e. The summed E-state index contributed by atoms with van der Waals surface area (Å²) in [6.07, 6.45) is 3.15. The predicted octanol–water partition coefficient (Wildman–Crippen LogP) is 4.79. The van der Waals surface area contributed by atoms with Crippen LogP contribution < -0.4 is 10.6 Å². The van der Waals surface area contributed by atoms with Gasteiger partial charge in [0, 0.05) is 23.1 Å². The third kappa shape index (κ3) is 5.78. The highest BCUT2D eigenvalue weighted by atomic mass is 79.9. The molecule has 0 saturated heterocycles. The molecule has 1 amide bonds. The maximum atomic E-state index is 11.9. The first kappa shape index (κ1) is 19.3. The highest BCUT2D eigenvalue weighted by Crippen LogP contribution is 2.29. The lowest BCUT2D eigenvalue weighted by molar-refractivity contribution is 0.0517. The fourth-order valence-corrected chi connectivity index (χ4v) is 3.89. The van der Waals surface area contributed by atoms with Crippen molar-refractivity contribution in [1.82, 2.24) is 10.6 Å². The number of hydrogen-bond acceptors (Lipinski definition) is 3. The lowest BCUT2D eigenvalue weighted by Gasteiger charge is -2.27. The number of hydrogen-bond donors (Lipinski definition) is 2. The van der Waals surface area contributed by atoms with Crippen LogP contribution in [0, 0.1) is 5.92 Å². The second kappa shape index (κ2) is 8.34. The van der Waals surface area contributed by atoms with Crippen LogP contribution in [0.15, 0.2) is 28.7 Å². The van der Waals surface area contributed by atoms with E-state index < -0.39 is 5.60 Å². The molecule has 0 heterocycles. The summed E-state index contributed by atoms with van der Waals surface area (Å²) in [5, 5.41) is 6.66. The Morgan fingerprint density at radius 3 is 2.71 bits per heavy atom. The Kier molecular flexibility index (Phi) is 6.70. The molecule has 1 aliphatic rings. The number of halogens is 1. The number of carbonyl (C=O) groups excluding carboxylic acids is 1. The highest BCUT2D eigenvalue weighted by Gasteiger charge is 2.29. The number of carbonyl (C=O) groups is 1. The van der Waals surface area contributed by atoms with Crippen LogP contribution in [0.4, 0.5) is 4.79 Å². The summed E-state index contributed by atoms with van der Waals surface area (Å²) in [4.78, 5) is 11.9. The minimum absolute atomic E-state index is 0.271. The van der Waals surface area contributed by atoms with Gasteiger partial charge in [-0.15, -0.1) is 0 Å². The molecule has 24 heavy (non-hydrogen) atoms. The van der Waals surface area contributed by atoms with Crippen LogP contribution in [0.3, 0.4) is 0 Å². The van der Waals surface area contributed by atoms with E-state index in [9.17, 15) is 4.79 Å². The molecule has 2 N–H and O–H groups in total. The smallest absolute Gasteiger partial charge is 0.407 e. The molecule has 0 bridgehead atoms. The van der Waals surface area contributed by atoms with Crippen molar-refractivity contribution in [2.75, 3.05) is 6.54 Å². The quantitative estimate of drug-likeness (QED) is 0.751. The topological polar surface area (TPSA) is 50.4 Å². The van der Waals surface area contributed by atoms with Gasteiger partial charge in [0.1, 0.15) is 5.60 Å². The SMILES string of the molecule is C[C@@H](NC1CCCC1CNC(=O)OC(C)(C)C)c1ccccc1Br. The van der Waals surface area contributed by atoms with Gasteiger partial charge >= 0.3 is 6.09 Å². The van der Waals surface area contributed by atoms with Crippen LogP contribution in [-0.4, -0.2) is 24.3 Å². The molecule has 1 aliphatic carbocycles. The second-order valence-corrected chi connectivity index (χ2v) is 8.44. The number of ether oxygens (including phenoxy) is 1. The molecule has 2 unspecified atom stereocenters. The molecule has 0 radical (unpaired) electrons. The zero-order chi connectivity index (χ0) is 17.7. The van der Waals surface area contributed by atoms with E-state index in [0.717, 1.165) is 17.3 Å². The van der Waals surface area contributed by atoms with Gasteiger partial charge < -0.3 is 15.4 Å². The van der Waals surface area contributed by atoms with Crippen molar-refractivity contribution in [2.45, 2.75) is 64.6 Å². The van der Waals surface area contributed by atoms with Gasteiger partial charge in [-0.3, -0.25) is 0 Å². The Morgan fingerprint density at radius 1 is 1.33 bits per heavy atom. The normalized spacial score (nSPS) is 22.2. The molecule has 0 aromatic heterocycles. The minimum Gasteiger partial charge on any atom is -0.444 e.